The highest BCUT2D eigenvalue weighted by Gasteiger charge is 2.22. The van der Waals surface area contributed by atoms with Gasteiger partial charge in [0.25, 0.3) is 0 Å². The number of hydrogen-bond donors (Lipinski definition) is 1. The van der Waals surface area contributed by atoms with Gasteiger partial charge >= 0.3 is 0 Å². The fourth-order valence-electron chi connectivity index (χ4n) is 2.25. The molecule has 0 bridgehead atoms. The van der Waals surface area contributed by atoms with Gasteiger partial charge in [0, 0.05) is 17.7 Å². The molecule has 2 heterocycles. The lowest BCUT2D eigenvalue weighted by atomic mass is 9.97. The second-order valence-electron chi connectivity index (χ2n) is 4.63. The lowest BCUT2D eigenvalue weighted by Gasteiger charge is -2.19. The molecule has 1 unspecified atom stereocenters. The zero-order valence-electron chi connectivity index (χ0n) is 10.3. The van der Waals surface area contributed by atoms with E-state index in [1.54, 1.807) is 11.3 Å². The molecule has 20 heavy (non-hydrogen) atoms. The molecule has 1 amide bonds. The molecule has 1 aliphatic rings. The number of halogens is 3. The van der Waals surface area contributed by atoms with Crippen molar-refractivity contribution in [2.45, 2.75) is 17.7 Å². The van der Waals surface area contributed by atoms with Crippen LogP contribution in [0.3, 0.4) is 0 Å². The molecule has 3 rings (SSSR count). The Kier molecular flexibility index (Phi) is 4.14. The quantitative estimate of drug-likeness (QED) is 0.498. The number of rotatable bonds is 2. The third kappa shape index (κ3) is 2.78. The van der Waals surface area contributed by atoms with Crippen molar-refractivity contribution < 1.29 is 9.18 Å². The van der Waals surface area contributed by atoms with E-state index < -0.39 is 0 Å². The Labute approximate surface area is 142 Å². The predicted octanol–water partition coefficient (Wildman–Crippen LogP) is 4.86. The van der Waals surface area contributed by atoms with Gasteiger partial charge in [-0.3, -0.25) is 4.79 Å². The van der Waals surface area contributed by atoms with Gasteiger partial charge < -0.3 is 5.32 Å². The predicted molar refractivity (Wildman–Crippen MR) is 91.2 cm³/mol. The summed E-state index contributed by atoms with van der Waals surface area (Å²) in [5, 5.41) is 4.75. The summed E-state index contributed by atoms with van der Waals surface area (Å²) in [7, 11) is 0. The summed E-state index contributed by atoms with van der Waals surface area (Å²) in [5.74, 6) is -0.346. The molecule has 0 saturated carbocycles. The number of hydrogen-bond acceptors (Lipinski definition) is 2. The zero-order chi connectivity index (χ0) is 14.3. The Hall–Kier alpha value is -0.470. The summed E-state index contributed by atoms with van der Waals surface area (Å²) in [5.41, 5.74) is 3.27. The molecular weight excluding hydrogens is 456 g/mol. The fourth-order valence-corrected chi connectivity index (χ4v) is 4.44. The minimum Gasteiger partial charge on any atom is -0.326 e. The van der Waals surface area contributed by atoms with Gasteiger partial charge in [0.1, 0.15) is 5.82 Å². The van der Waals surface area contributed by atoms with Crippen LogP contribution in [0.2, 0.25) is 0 Å². The molecule has 0 saturated heterocycles. The maximum absolute atomic E-state index is 14.3. The number of aryl methyl sites for hydroxylation is 1. The molecule has 0 spiro atoms. The number of anilines is 1. The van der Waals surface area contributed by atoms with Gasteiger partial charge in [-0.15, -0.1) is 11.3 Å². The number of thiophene rings is 1. The van der Waals surface area contributed by atoms with Gasteiger partial charge in [-0.25, -0.2) is 4.39 Å². The van der Waals surface area contributed by atoms with E-state index in [1.165, 1.54) is 8.95 Å². The second-order valence-corrected chi connectivity index (χ2v) is 8.35. The maximum Gasteiger partial charge on any atom is 0.224 e. The Balaban J connectivity index is 2.00. The molecule has 6 heteroatoms. The van der Waals surface area contributed by atoms with Crippen LogP contribution in [-0.2, 0) is 11.2 Å². The molecule has 0 radical (unpaired) electrons. The van der Waals surface area contributed by atoms with Crippen LogP contribution < -0.4 is 5.32 Å². The first-order valence-electron chi connectivity index (χ1n) is 6.05. The molecule has 0 aliphatic carbocycles. The zero-order valence-corrected chi connectivity index (χ0v) is 14.8. The SMILES string of the molecule is O=C1CCc2cc(C(Br)c3csc(I)c3)c(F)cc2N1. The van der Waals surface area contributed by atoms with Crippen LogP contribution in [0, 0.1) is 8.70 Å². The molecule has 2 aromatic rings. The van der Waals surface area contributed by atoms with Crippen molar-refractivity contribution in [3.63, 3.8) is 0 Å². The summed E-state index contributed by atoms with van der Waals surface area (Å²) in [6.45, 7) is 0. The van der Waals surface area contributed by atoms with E-state index >= 15 is 0 Å². The van der Waals surface area contributed by atoms with Crippen LogP contribution in [-0.4, -0.2) is 5.91 Å². The van der Waals surface area contributed by atoms with Gasteiger partial charge in [-0.2, -0.15) is 0 Å². The standard InChI is InChI=1S/C14H10BrFINOS/c15-14(8-4-12(17)20-6-8)9-3-7-1-2-13(19)18-11(7)5-10(9)16/h3-6,14H,1-2H2,(H,18,19). The largest absolute Gasteiger partial charge is 0.326 e. The van der Waals surface area contributed by atoms with Crippen molar-refractivity contribution in [3.05, 3.63) is 49.0 Å². The number of carbonyl (C=O) groups excluding carboxylic acids is 1. The monoisotopic (exact) mass is 465 g/mol. The molecule has 1 atom stereocenters. The Morgan fingerprint density at radius 2 is 2.15 bits per heavy atom. The molecule has 104 valence electrons. The van der Waals surface area contributed by atoms with Gasteiger partial charge in [0.05, 0.1) is 7.71 Å². The van der Waals surface area contributed by atoms with E-state index in [0.717, 1.165) is 11.1 Å². The fraction of sp³-hybridized carbons (Fsp3) is 0.214. The van der Waals surface area contributed by atoms with Crippen LogP contribution in [0.1, 0.15) is 27.9 Å². The molecule has 1 aromatic carbocycles. The van der Waals surface area contributed by atoms with Gasteiger partial charge in [0.15, 0.2) is 0 Å². The van der Waals surface area contributed by atoms with Gasteiger partial charge in [-0.05, 0) is 63.7 Å². The number of benzene rings is 1. The number of carbonyl (C=O) groups is 1. The maximum atomic E-state index is 14.3. The van der Waals surface area contributed by atoms with Gasteiger partial charge in [0.2, 0.25) is 5.91 Å². The molecule has 1 aliphatic heterocycles. The summed E-state index contributed by atoms with van der Waals surface area (Å²) >= 11 is 7.47. The van der Waals surface area contributed by atoms with E-state index in [-0.39, 0.29) is 16.6 Å². The van der Waals surface area contributed by atoms with Crippen molar-refractivity contribution in [3.8, 4) is 0 Å². The van der Waals surface area contributed by atoms with Crippen molar-refractivity contribution in [1.29, 1.82) is 0 Å². The van der Waals surface area contributed by atoms with Crippen molar-refractivity contribution >= 4 is 61.5 Å². The average Bonchev–Trinajstić information content (AvgIpc) is 2.84. The van der Waals surface area contributed by atoms with Crippen LogP contribution in [0.15, 0.2) is 23.6 Å². The third-order valence-corrected chi connectivity index (χ3v) is 6.10. The number of amides is 1. The van der Waals surface area contributed by atoms with E-state index in [1.807, 2.05) is 17.5 Å². The average molecular weight is 466 g/mol. The molecular formula is C14H10BrFINOS. The van der Waals surface area contributed by atoms with E-state index in [0.29, 0.717) is 24.1 Å². The summed E-state index contributed by atoms with van der Waals surface area (Å²) in [6, 6.07) is 5.33. The molecule has 0 fully saturated rings. The Morgan fingerprint density at radius 3 is 2.85 bits per heavy atom. The normalized spacial score (nSPS) is 15.7. The summed E-state index contributed by atoms with van der Waals surface area (Å²) in [6.07, 6.45) is 1.12. The Bertz CT molecular complexity index is 688. The highest BCUT2D eigenvalue weighted by Crippen LogP contribution is 2.38. The lowest BCUT2D eigenvalue weighted by Crippen LogP contribution is -2.19. The highest BCUT2D eigenvalue weighted by atomic mass is 127. The second kappa shape index (κ2) is 5.73. The molecule has 1 aromatic heterocycles. The first kappa shape index (κ1) is 14.5. The van der Waals surface area contributed by atoms with Crippen LogP contribution in [0.5, 0.6) is 0 Å². The van der Waals surface area contributed by atoms with Crippen molar-refractivity contribution in [2.24, 2.45) is 0 Å². The van der Waals surface area contributed by atoms with E-state index in [2.05, 4.69) is 43.8 Å². The van der Waals surface area contributed by atoms with Crippen molar-refractivity contribution in [1.82, 2.24) is 0 Å². The summed E-state index contributed by atoms with van der Waals surface area (Å²) < 4.78 is 15.4. The number of fused-ring (bicyclic) bond motifs is 1. The van der Waals surface area contributed by atoms with Crippen LogP contribution >= 0.6 is 49.9 Å². The first-order chi connectivity index (χ1) is 9.54. The topological polar surface area (TPSA) is 29.1 Å². The summed E-state index contributed by atoms with van der Waals surface area (Å²) in [4.78, 5) is 11.2. The number of nitrogens with one attached hydrogen (secondary N) is 1. The number of alkyl halides is 1. The molecule has 1 N–H and O–H groups in total. The van der Waals surface area contributed by atoms with Crippen LogP contribution in [0.4, 0.5) is 10.1 Å². The first-order valence-corrected chi connectivity index (χ1v) is 8.92. The lowest BCUT2D eigenvalue weighted by molar-refractivity contribution is -0.116. The molecule has 2 nitrogen and oxygen atoms in total. The third-order valence-electron chi connectivity index (χ3n) is 3.27. The Morgan fingerprint density at radius 1 is 1.35 bits per heavy atom. The van der Waals surface area contributed by atoms with Crippen molar-refractivity contribution in [2.75, 3.05) is 5.32 Å². The minimum absolute atomic E-state index is 0.0487. The smallest absolute Gasteiger partial charge is 0.224 e. The minimum atomic E-state index is -0.297. The highest BCUT2D eigenvalue weighted by molar-refractivity contribution is 14.1. The van der Waals surface area contributed by atoms with E-state index in [9.17, 15) is 9.18 Å². The van der Waals surface area contributed by atoms with E-state index in [4.69, 9.17) is 0 Å². The van der Waals surface area contributed by atoms with Crippen LogP contribution in [0.25, 0.3) is 0 Å². The van der Waals surface area contributed by atoms with Gasteiger partial charge in [-0.1, -0.05) is 15.9 Å².